The lowest BCUT2D eigenvalue weighted by Gasteiger charge is -2.36. The van der Waals surface area contributed by atoms with E-state index in [1.54, 1.807) is 18.3 Å². The number of piperazine rings is 1. The van der Waals surface area contributed by atoms with Crippen molar-refractivity contribution in [3.63, 3.8) is 0 Å². The molecule has 1 aromatic rings. The van der Waals surface area contributed by atoms with Crippen LogP contribution in [0.15, 0.2) is 21.8 Å². The van der Waals surface area contributed by atoms with Gasteiger partial charge in [-0.25, -0.2) is 4.99 Å². The van der Waals surface area contributed by atoms with Gasteiger partial charge in [-0.05, 0) is 29.3 Å². The molecule has 0 saturated carbocycles. The van der Waals surface area contributed by atoms with Gasteiger partial charge in [-0.2, -0.15) is 11.3 Å². The van der Waals surface area contributed by atoms with Crippen molar-refractivity contribution in [1.29, 1.82) is 0 Å². The molecule has 0 aliphatic carbocycles. The maximum atomic E-state index is 11.3. The van der Waals surface area contributed by atoms with Crippen LogP contribution in [-0.4, -0.2) is 54.4 Å². The minimum absolute atomic E-state index is 0. The average Bonchev–Trinajstić information content (AvgIpc) is 2.97. The zero-order valence-electron chi connectivity index (χ0n) is 12.5. The minimum Gasteiger partial charge on any atom is -0.357 e. The number of carbonyl (C=O) groups excluding carboxylic acids is 1. The van der Waals surface area contributed by atoms with Crippen LogP contribution < -0.4 is 5.32 Å². The lowest BCUT2D eigenvalue weighted by Crippen LogP contribution is -2.53. The van der Waals surface area contributed by atoms with Gasteiger partial charge in [0.25, 0.3) is 0 Å². The van der Waals surface area contributed by atoms with E-state index in [-0.39, 0.29) is 29.9 Å². The van der Waals surface area contributed by atoms with E-state index in [2.05, 4.69) is 39.0 Å². The fourth-order valence-corrected chi connectivity index (χ4v) is 2.87. The average molecular weight is 422 g/mol. The molecule has 1 amide bonds. The van der Waals surface area contributed by atoms with Crippen LogP contribution in [0.25, 0.3) is 0 Å². The number of hydrogen-bond donors (Lipinski definition) is 1. The Hall–Kier alpha value is -0.830. The van der Waals surface area contributed by atoms with Crippen molar-refractivity contribution >= 4 is 47.2 Å². The van der Waals surface area contributed by atoms with Crippen LogP contribution in [0, 0.1) is 0 Å². The SMILES string of the molecule is CCNC(=NCc1ccsc1)N1CCN(C(C)=O)CC1.I. The molecular formula is C14H23IN4OS. The summed E-state index contributed by atoms with van der Waals surface area (Å²) in [6.07, 6.45) is 0. The van der Waals surface area contributed by atoms with Crippen molar-refractivity contribution in [3.8, 4) is 0 Å². The second kappa shape index (κ2) is 9.24. The van der Waals surface area contributed by atoms with Crippen LogP contribution in [0.5, 0.6) is 0 Å². The summed E-state index contributed by atoms with van der Waals surface area (Å²) >= 11 is 1.70. The summed E-state index contributed by atoms with van der Waals surface area (Å²) in [6, 6.07) is 2.10. The monoisotopic (exact) mass is 422 g/mol. The first-order valence-corrected chi connectivity index (χ1v) is 7.95. The molecule has 21 heavy (non-hydrogen) atoms. The molecule has 1 N–H and O–H groups in total. The highest BCUT2D eigenvalue weighted by molar-refractivity contribution is 14.0. The van der Waals surface area contributed by atoms with Crippen molar-refractivity contribution in [3.05, 3.63) is 22.4 Å². The molecule has 2 rings (SSSR count). The van der Waals surface area contributed by atoms with E-state index in [0.29, 0.717) is 6.54 Å². The fraction of sp³-hybridized carbons (Fsp3) is 0.571. The number of aliphatic imine (C=N–C) groups is 1. The van der Waals surface area contributed by atoms with Gasteiger partial charge in [0.1, 0.15) is 0 Å². The van der Waals surface area contributed by atoms with Gasteiger partial charge in [-0.1, -0.05) is 0 Å². The molecule has 0 aromatic carbocycles. The van der Waals surface area contributed by atoms with Crippen molar-refractivity contribution in [2.75, 3.05) is 32.7 Å². The zero-order valence-corrected chi connectivity index (χ0v) is 15.7. The Morgan fingerprint density at radius 2 is 2.00 bits per heavy atom. The summed E-state index contributed by atoms with van der Waals surface area (Å²) < 4.78 is 0. The number of thiophene rings is 1. The molecule has 1 saturated heterocycles. The van der Waals surface area contributed by atoms with E-state index >= 15 is 0 Å². The molecule has 0 spiro atoms. The van der Waals surface area contributed by atoms with Crippen LogP contribution in [0.1, 0.15) is 19.4 Å². The first-order chi connectivity index (χ1) is 9.70. The first kappa shape index (κ1) is 18.2. The normalized spacial score (nSPS) is 15.6. The molecule has 0 bridgehead atoms. The number of halogens is 1. The molecule has 0 atom stereocenters. The maximum absolute atomic E-state index is 11.3. The number of nitrogens with zero attached hydrogens (tertiary/aromatic N) is 3. The standard InChI is InChI=1S/C14H22N4OS.HI/c1-3-15-14(16-10-13-4-9-20-11-13)18-7-5-17(6-8-18)12(2)19;/h4,9,11H,3,5-8,10H2,1-2H3,(H,15,16);1H. The molecule has 1 fully saturated rings. The Bertz CT molecular complexity index is 456. The third-order valence-corrected chi connectivity index (χ3v) is 4.08. The second-order valence-electron chi connectivity index (χ2n) is 4.79. The molecule has 2 heterocycles. The molecule has 1 aliphatic rings. The molecule has 118 valence electrons. The number of nitrogens with one attached hydrogen (secondary N) is 1. The van der Waals surface area contributed by atoms with Gasteiger partial charge < -0.3 is 15.1 Å². The summed E-state index contributed by atoms with van der Waals surface area (Å²) in [7, 11) is 0. The molecule has 5 nitrogen and oxygen atoms in total. The minimum atomic E-state index is 0. The van der Waals surface area contributed by atoms with Gasteiger partial charge in [0.2, 0.25) is 5.91 Å². The maximum Gasteiger partial charge on any atom is 0.219 e. The van der Waals surface area contributed by atoms with E-state index in [0.717, 1.165) is 38.7 Å². The second-order valence-corrected chi connectivity index (χ2v) is 5.57. The number of amides is 1. The van der Waals surface area contributed by atoms with Gasteiger partial charge in [0, 0.05) is 39.6 Å². The van der Waals surface area contributed by atoms with Crippen molar-refractivity contribution in [1.82, 2.24) is 15.1 Å². The summed E-state index contributed by atoms with van der Waals surface area (Å²) in [5, 5.41) is 7.53. The third kappa shape index (κ3) is 5.46. The smallest absolute Gasteiger partial charge is 0.219 e. The topological polar surface area (TPSA) is 47.9 Å². The molecule has 1 aromatic heterocycles. The highest BCUT2D eigenvalue weighted by Gasteiger charge is 2.20. The Balaban J connectivity index is 0.00000220. The molecule has 7 heteroatoms. The van der Waals surface area contributed by atoms with Gasteiger partial charge >= 0.3 is 0 Å². The highest BCUT2D eigenvalue weighted by Crippen LogP contribution is 2.08. The third-order valence-electron chi connectivity index (χ3n) is 3.35. The Labute approximate surface area is 147 Å². The van der Waals surface area contributed by atoms with Crippen molar-refractivity contribution < 1.29 is 4.79 Å². The van der Waals surface area contributed by atoms with Crippen LogP contribution >= 0.6 is 35.3 Å². The van der Waals surface area contributed by atoms with Crippen LogP contribution in [0.2, 0.25) is 0 Å². The van der Waals surface area contributed by atoms with Crippen LogP contribution in [-0.2, 0) is 11.3 Å². The van der Waals surface area contributed by atoms with Crippen LogP contribution in [0.3, 0.4) is 0 Å². The predicted octanol–water partition coefficient (Wildman–Crippen LogP) is 2.00. The summed E-state index contributed by atoms with van der Waals surface area (Å²) in [6.45, 7) is 8.51. The van der Waals surface area contributed by atoms with Gasteiger partial charge in [-0.15, -0.1) is 24.0 Å². The van der Waals surface area contributed by atoms with E-state index in [4.69, 9.17) is 0 Å². The fourth-order valence-electron chi connectivity index (χ4n) is 2.21. The predicted molar refractivity (Wildman–Crippen MR) is 98.4 cm³/mol. The van der Waals surface area contributed by atoms with E-state index < -0.39 is 0 Å². The van der Waals surface area contributed by atoms with E-state index in [9.17, 15) is 4.79 Å². The number of hydrogen-bond acceptors (Lipinski definition) is 3. The Morgan fingerprint density at radius 1 is 1.33 bits per heavy atom. The zero-order chi connectivity index (χ0) is 14.4. The van der Waals surface area contributed by atoms with E-state index in [1.165, 1.54) is 5.56 Å². The lowest BCUT2D eigenvalue weighted by atomic mass is 10.3. The number of carbonyl (C=O) groups is 1. The first-order valence-electron chi connectivity index (χ1n) is 7.00. The van der Waals surface area contributed by atoms with Crippen molar-refractivity contribution in [2.45, 2.75) is 20.4 Å². The lowest BCUT2D eigenvalue weighted by molar-refractivity contribution is -0.130. The van der Waals surface area contributed by atoms with E-state index in [1.807, 2.05) is 4.90 Å². The summed E-state index contributed by atoms with van der Waals surface area (Å²) in [5.74, 6) is 1.10. The van der Waals surface area contributed by atoms with Crippen LogP contribution in [0.4, 0.5) is 0 Å². The van der Waals surface area contributed by atoms with Gasteiger partial charge in [-0.3, -0.25) is 4.79 Å². The van der Waals surface area contributed by atoms with Crippen molar-refractivity contribution in [2.24, 2.45) is 4.99 Å². The van der Waals surface area contributed by atoms with Gasteiger partial charge in [0.15, 0.2) is 5.96 Å². The van der Waals surface area contributed by atoms with Gasteiger partial charge in [0.05, 0.1) is 6.54 Å². The highest BCUT2D eigenvalue weighted by atomic mass is 127. The Kier molecular flexibility index (Phi) is 8.02. The summed E-state index contributed by atoms with van der Waals surface area (Å²) in [4.78, 5) is 20.1. The number of rotatable bonds is 3. The Morgan fingerprint density at radius 3 is 2.52 bits per heavy atom. The summed E-state index contributed by atoms with van der Waals surface area (Å²) in [5.41, 5.74) is 1.24. The molecule has 0 unspecified atom stereocenters. The number of guanidine groups is 1. The molecular weight excluding hydrogens is 399 g/mol. The largest absolute Gasteiger partial charge is 0.357 e. The molecule has 1 aliphatic heterocycles. The molecule has 0 radical (unpaired) electrons. The quantitative estimate of drug-likeness (QED) is 0.461.